The van der Waals surface area contributed by atoms with E-state index in [1.54, 1.807) is 0 Å². The molecule has 0 unspecified atom stereocenters. The number of hydrogen-bond donors (Lipinski definition) is 0. The number of rotatable bonds is 0. The summed E-state index contributed by atoms with van der Waals surface area (Å²) in [6, 6.07) is 0. The van der Waals surface area contributed by atoms with Gasteiger partial charge in [0.15, 0.2) is 0 Å². The quantitative estimate of drug-likeness (QED) is 0.465. The zero-order valence-electron chi connectivity index (χ0n) is 6.41. The Hall–Kier alpha value is -0.0900. The summed E-state index contributed by atoms with van der Waals surface area (Å²) in [7, 11) is 0. The van der Waals surface area contributed by atoms with E-state index in [0.717, 1.165) is 0 Å². The predicted octanol–water partition coefficient (Wildman–Crippen LogP) is 2.29. The van der Waals surface area contributed by atoms with Gasteiger partial charge in [-0.05, 0) is 27.7 Å². The Kier molecular flexibility index (Phi) is 1.33. The standard InChI is InChI=1S/C8H12S/c1-7(2)5-6-8(3,4)9-7/h1-4H3. The molecule has 0 aromatic rings. The molecule has 0 spiro atoms. The fourth-order valence-corrected chi connectivity index (χ4v) is 2.47. The Bertz CT molecular complexity index is 160. The lowest BCUT2D eigenvalue weighted by Crippen LogP contribution is -2.15. The molecule has 0 saturated heterocycles. The van der Waals surface area contributed by atoms with Gasteiger partial charge in [0.25, 0.3) is 0 Å². The van der Waals surface area contributed by atoms with Crippen molar-refractivity contribution in [2.45, 2.75) is 37.2 Å². The van der Waals surface area contributed by atoms with Gasteiger partial charge in [-0.25, -0.2) is 0 Å². The van der Waals surface area contributed by atoms with Crippen LogP contribution in [0.1, 0.15) is 27.7 Å². The lowest BCUT2D eigenvalue weighted by atomic mass is 10.2. The van der Waals surface area contributed by atoms with Gasteiger partial charge in [0.05, 0.1) is 9.49 Å². The van der Waals surface area contributed by atoms with Gasteiger partial charge in [-0.2, -0.15) is 0 Å². The molecule has 1 aliphatic heterocycles. The van der Waals surface area contributed by atoms with E-state index in [1.807, 2.05) is 11.8 Å². The summed E-state index contributed by atoms with van der Waals surface area (Å²) in [4.78, 5) is 0. The van der Waals surface area contributed by atoms with Gasteiger partial charge < -0.3 is 0 Å². The minimum atomic E-state index is 0.184. The van der Waals surface area contributed by atoms with Gasteiger partial charge in [0, 0.05) is 0 Å². The first kappa shape index (κ1) is 7.02. The highest BCUT2D eigenvalue weighted by Crippen LogP contribution is 2.39. The largest absolute Gasteiger partial charge is 0.123 e. The van der Waals surface area contributed by atoms with E-state index in [0.29, 0.717) is 0 Å². The molecular formula is C8H12S. The van der Waals surface area contributed by atoms with Gasteiger partial charge in [-0.15, -0.1) is 11.8 Å². The normalized spacial score (nSPS) is 27.1. The predicted molar refractivity (Wildman–Crippen MR) is 43.5 cm³/mol. The van der Waals surface area contributed by atoms with Crippen molar-refractivity contribution in [2.24, 2.45) is 0 Å². The van der Waals surface area contributed by atoms with Crippen LogP contribution >= 0.6 is 11.8 Å². The zero-order valence-corrected chi connectivity index (χ0v) is 7.22. The number of thioether (sulfide) groups is 1. The fourth-order valence-electron chi connectivity index (χ4n) is 0.990. The molecule has 0 fully saturated rings. The third kappa shape index (κ3) is 1.66. The maximum Gasteiger partial charge on any atom is 0.0724 e. The van der Waals surface area contributed by atoms with Crippen molar-refractivity contribution in [3.8, 4) is 11.8 Å². The summed E-state index contributed by atoms with van der Waals surface area (Å²) in [6.45, 7) is 8.66. The molecule has 0 nitrogen and oxygen atoms in total. The molecule has 0 amide bonds. The van der Waals surface area contributed by atoms with Crippen molar-refractivity contribution in [2.75, 3.05) is 0 Å². The van der Waals surface area contributed by atoms with E-state index in [1.165, 1.54) is 0 Å². The Morgan fingerprint density at radius 2 is 1.22 bits per heavy atom. The van der Waals surface area contributed by atoms with Crippen LogP contribution in [0, 0.1) is 11.8 Å². The maximum atomic E-state index is 3.20. The smallest absolute Gasteiger partial charge is 0.0724 e. The molecule has 0 N–H and O–H groups in total. The van der Waals surface area contributed by atoms with E-state index in [-0.39, 0.29) is 9.49 Å². The summed E-state index contributed by atoms with van der Waals surface area (Å²) in [5, 5.41) is 0. The van der Waals surface area contributed by atoms with Gasteiger partial charge in [-0.1, -0.05) is 11.8 Å². The van der Waals surface area contributed by atoms with Crippen LogP contribution < -0.4 is 0 Å². The molecule has 0 bridgehead atoms. The molecule has 1 rings (SSSR count). The molecule has 0 atom stereocenters. The summed E-state index contributed by atoms with van der Waals surface area (Å²) in [5.74, 6) is 6.40. The highest BCUT2D eigenvalue weighted by Gasteiger charge is 2.31. The molecule has 0 radical (unpaired) electrons. The molecular weight excluding hydrogens is 128 g/mol. The van der Waals surface area contributed by atoms with Crippen LogP contribution in [0.3, 0.4) is 0 Å². The third-order valence-electron chi connectivity index (χ3n) is 1.17. The average Bonchev–Trinajstić information content (AvgIpc) is 1.78. The van der Waals surface area contributed by atoms with Crippen LogP contribution in [0.5, 0.6) is 0 Å². The maximum absolute atomic E-state index is 3.20. The highest BCUT2D eigenvalue weighted by molar-refractivity contribution is 8.02. The van der Waals surface area contributed by atoms with Crippen LogP contribution in [0.4, 0.5) is 0 Å². The second-order valence-corrected chi connectivity index (χ2v) is 5.62. The molecule has 0 saturated carbocycles. The summed E-state index contributed by atoms with van der Waals surface area (Å²) in [6.07, 6.45) is 0. The second-order valence-electron chi connectivity index (χ2n) is 3.37. The van der Waals surface area contributed by atoms with E-state index in [2.05, 4.69) is 39.5 Å². The Morgan fingerprint density at radius 3 is 1.33 bits per heavy atom. The molecule has 0 aliphatic carbocycles. The summed E-state index contributed by atoms with van der Waals surface area (Å²) in [5.41, 5.74) is 0. The lowest BCUT2D eigenvalue weighted by Gasteiger charge is -2.19. The first-order chi connectivity index (χ1) is 3.91. The lowest BCUT2D eigenvalue weighted by molar-refractivity contribution is 0.903. The van der Waals surface area contributed by atoms with Crippen LogP contribution in [0.15, 0.2) is 0 Å². The zero-order chi connectivity index (χ0) is 7.12. The SMILES string of the molecule is CC1(C)C#CC(C)(C)S1. The van der Waals surface area contributed by atoms with E-state index in [4.69, 9.17) is 0 Å². The van der Waals surface area contributed by atoms with Gasteiger partial charge >= 0.3 is 0 Å². The van der Waals surface area contributed by atoms with Crippen molar-refractivity contribution in [3.05, 3.63) is 0 Å². The summed E-state index contributed by atoms with van der Waals surface area (Å²) >= 11 is 1.90. The van der Waals surface area contributed by atoms with E-state index < -0.39 is 0 Å². The molecule has 0 aromatic heterocycles. The van der Waals surface area contributed by atoms with Crippen LogP contribution in [-0.4, -0.2) is 9.49 Å². The monoisotopic (exact) mass is 140 g/mol. The second kappa shape index (κ2) is 1.70. The molecule has 1 heterocycles. The topological polar surface area (TPSA) is 0 Å². The van der Waals surface area contributed by atoms with Crippen LogP contribution in [0.25, 0.3) is 0 Å². The Morgan fingerprint density at radius 1 is 0.889 bits per heavy atom. The third-order valence-corrected chi connectivity index (χ3v) is 2.40. The Balaban J connectivity index is 2.76. The minimum absolute atomic E-state index is 0.184. The minimum Gasteiger partial charge on any atom is -0.123 e. The molecule has 9 heavy (non-hydrogen) atoms. The van der Waals surface area contributed by atoms with Crippen molar-refractivity contribution in [3.63, 3.8) is 0 Å². The molecule has 0 aromatic carbocycles. The summed E-state index contributed by atoms with van der Waals surface area (Å²) < 4.78 is 0.368. The first-order valence-electron chi connectivity index (χ1n) is 3.16. The van der Waals surface area contributed by atoms with Crippen molar-refractivity contribution in [1.82, 2.24) is 0 Å². The Labute approximate surface area is 61.4 Å². The molecule has 1 aliphatic rings. The highest BCUT2D eigenvalue weighted by atomic mass is 32.2. The molecule has 1 heteroatoms. The van der Waals surface area contributed by atoms with Crippen molar-refractivity contribution >= 4 is 11.8 Å². The average molecular weight is 140 g/mol. The van der Waals surface area contributed by atoms with E-state index in [9.17, 15) is 0 Å². The van der Waals surface area contributed by atoms with Crippen LogP contribution in [0.2, 0.25) is 0 Å². The van der Waals surface area contributed by atoms with Crippen molar-refractivity contribution in [1.29, 1.82) is 0 Å². The van der Waals surface area contributed by atoms with Crippen LogP contribution in [-0.2, 0) is 0 Å². The fraction of sp³-hybridized carbons (Fsp3) is 0.750. The van der Waals surface area contributed by atoms with Gasteiger partial charge in [0.1, 0.15) is 0 Å². The first-order valence-corrected chi connectivity index (χ1v) is 3.97. The molecule has 50 valence electrons. The van der Waals surface area contributed by atoms with Gasteiger partial charge in [0.2, 0.25) is 0 Å². The van der Waals surface area contributed by atoms with Crippen molar-refractivity contribution < 1.29 is 0 Å². The number of hydrogen-bond acceptors (Lipinski definition) is 1. The van der Waals surface area contributed by atoms with E-state index >= 15 is 0 Å². The van der Waals surface area contributed by atoms with Gasteiger partial charge in [-0.3, -0.25) is 0 Å².